The van der Waals surface area contributed by atoms with Crippen LogP contribution in [-0.2, 0) is 4.74 Å². The van der Waals surface area contributed by atoms with Crippen LogP contribution in [0, 0.1) is 0 Å². The average molecular weight is 146 g/mol. The Balaban J connectivity index is 3.42. The summed E-state index contributed by atoms with van der Waals surface area (Å²) in [5.74, 6) is 0. The maximum Gasteiger partial charge on any atom is 0.182 e. The van der Waals surface area contributed by atoms with E-state index in [0.29, 0.717) is 0 Å². The van der Waals surface area contributed by atoms with Crippen LogP contribution in [0.4, 0.5) is 0 Å². The maximum absolute atomic E-state index is 5.08. The molecular formula is C8H20NO+. The molecule has 0 aromatic carbocycles. The van der Waals surface area contributed by atoms with E-state index in [4.69, 9.17) is 4.74 Å². The quantitative estimate of drug-likeness (QED) is 0.421. The number of hydrogen-bond donors (Lipinski definition) is 0. The van der Waals surface area contributed by atoms with E-state index in [9.17, 15) is 0 Å². The Hall–Kier alpha value is -0.0800. The smallest absolute Gasteiger partial charge is 0.182 e. The van der Waals surface area contributed by atoms with Crippen LogP contribution >= 0.6 is 0 Å². The second-order valence-corrected chi connectivity index (χ2v) is 3.43. The molecule has 0 N–H and O–H groups in total. The van der Waals surface area contributed by atoms with Crippen LogP contribution in [0.25, 0.3) is 0 Å². The van der Waals surface area contributed by atoms with E-state index in [0.717, 1.165) is 11.2 Å². The molecule has 0 aliphatic heterocycles. The van der Waals surface area contributed by atoms with Crippen molar-refractivity contribution >= 4 is 0 Å². The van der Waals surface area contributed by atoms with Crippen LogP contribution in [0.15, 0.2) is 0 Å². The van der Waals surface area contributed by atoms with Crippen molar-refractivity contribution in [1.29, 1.82) is 0 Å². The molecule has 0 spiro atoms. The first kappa shape index (κ1) is 9.92. The number of rotatable bonds is 5. The molecule has 0 bridgehead atoms. The molecule has 0 unspecified atom stereocenters. The van der Waals surface area contributed by atoms with Gasteiger partial charge in [-0.3, -0.25) is 0 Å². The SMILES string of the molecule is CCCC[N+](C)(C)COC. The summed E-state index contributed by atoms with van der Waals surface area (Å²) >= 11 is 0. The minimum absolute atomic E-state index is 0.819. The summed E-state index contributed by atoms with van der Waals surface area (Å²) < 4.78 is 6.05. The van der Waals surface area contributed by atoms with Crippen molar-refractivity contribution in [2.24, 2.45) is 0 Å². The predicted octanol–water partition coefficient (Wildman–Crippen LogP) is 1.47. The van der Waals surface area contributed by atoms with E-state index in [1.165, 1.54) is 19.4 Å². The van der Waals surface area contributed by atoms with E-state index >= 15 is 0 Å². The van der Waals surface area contributed by atoms with Crippen LogP contribution in [-0.4, -0.2) is 39.0 Å². The highest BCUT2D eigenvalue weighted by atomic mass is 16.5. The van der Waals surface area contributed by atoms with E-state index in [-0.39, 0.29) is 0 Å². The highest BCUT2D eigenvalue weighted by molar-refractivity contribution is 4.30. The summed E-state index contributed by atoms with van der Waals surface area (Å²) in [5.41, 5.74) is 0. The zero-order valence-corrected chi connectivity index (χ0v) is 7.68. The third kappa shape index (κ3) is 4.77. The molecule has 0 atom stereocenters. The molecule has 0 aromatic heterocycles. The normalized spacial score (nSPS) is 12.0. The van der Waals surface area contributed by atoms with Crippen LogP contribution in [0.1, 0.15) is 19.8 Å². The van der Waals surface area contributed by atoms with Gasteiger partial charge in [0.2, 0.25) is 0 Å². The summed E-state index contributed by atoms with van der Waals surface area (Å²) in [6.07, 6.45) is 2.56. The number of unbranched alkanes of at least 4 members (excludes halogenated alkanes) is 1. The van der Waals surface area contributed by atoms with Crippen LogP contribution in [0.3, 0.4) is 0 Å². The van der Waals surface area contributed by atoms with E-state index in [2.05, 4.69) is 21.0 Å². The van der Waals surface area contributed by atoms with Crippen LogP contribution in [0.5, 0.6) is 0 Å². The van der Waals surface area contributed by atoms with Gasteiger partial charge < -0.3 is 9.22 Å². The summed E-state index contributed by atoms with van der Waals surface area (Å²) in [5, 5.41) is 0. The molecule has 2 heteroatoms. The van der Waals surface area contributed by atoms with Crippen molar-refractivity contribution in [3.63, 3.8) is 0 Å². The van der Waals surface area contributed by atoms with Crippen molar-refractivity contribution in [3.8, 4) is 0 Å². The van der Waals surface area contributed by atoms with Gasteiger partial charge in [0.05, 0.1) is 20.6 Å². The third-order valence-corrected chi connectivity index (χ3v) is 1.60. The first-order valence-corrected chi connectivity index (χ1v) is 3.93. The lowest BCUT2D eigenvalue weighted by Gasteiger charge is -2.28. The van der Waals surface area contributed by atoms with Gasteiger partial charge >= 0.3 is 0 Å². The van der Waals surface area contributed by atoms with E-state index in [1.807, 2.05) is 0 Å². The van der Waals surface area contributed by atoms with Crippen molar-refractivity contribution in [3.05, 3.63) is 0 Å². The van der Waals surface area contributed by atoms with Crippen molar-refractivity contribution in [1.82, 2.24) is 0 Å². The van der Waals surface area contributed by atoms with Crippen molar-refractivity contribution < 1.29 is 9.22 Å². The van der Waals surface area contributed by atoms with Crippen molar-refractivity contribution in [2.45, 2.75) is 19.8 Å². The largest absolute Gasteiger partial charge is 0.335 e. The molecule has 0 saturated heterocycles. The second-order valence-electron chi connectivity index (χ2n) is 3.43. The predicted molar refractivity (Wildman–Crippen MR) is 43.8 cm³/mol. The fraction of sp³-hybridized carbons (Fsp3) is 1.00. The molecule has 62 valence electrons. The van der Waals surface area contributed by atoms with Gasteiger partial charge in [-0.1, -0.05) is 13.3 Å². The lowest BCUT2D eigenvalue weighted by atomic mass is 10.3. The molecular weight excluding hydrogens is 126 g/mol. The molecule has 0 aromatic rings. The van der Waals surface area contributed by atoms with E-state index in [1.54, 1.807) is 7.11 Å². The Morgan fingerprint density at radius 1 is 1.30 bits per heavy atom. The number of ether oxygens (including phenoxy) is 1. The molecule has 0 saturated carbocycles. The molecule has 10 heavy (non-hydrogen) atoms. The molecule has 0 radical (unpaired) electrons. The van der Waals surface area contributed by atoms with Gasteiger partial charge in [0.1, 0.15) is 0 Å². The van der Waals surface area contributed by atoms with Crippen LogP contribution in [0.2, 0.25) is 0 Å². The average Bonchev–Trinajstić information content (AvgIpc) is 1.84. The Labute approximate surface area is 64.4 Å². The van der Waals surface area contributed by atoms with Gasteiger partial charge in [0.25, 0.3) is 0 Å². The van der Waals surface area contributed by atoms with Gasteiger partial charge in [0.15, 0.2) is 6.73 Å². The second kappa shape index (κ2) is 4.69. The fourth-order valence-electron chi connectivity index (χ4n) is 1.00. The molecule has 0 heterocycles. The minimum atomic E-state index is 0.819. The summed E-state index contributed by atoms with van der Waals surface area (Å²) in [7, 11) is 6.14. The Bertz CT molecular complexity index is 81.3. The Morgan fingerprint density at radius 3 is 2.30 bits per heavy atom. The molecule has 0 fully saturated rings. The number of quaternary nitrogens is 1. The number of nitrogens with zero attached hydrogens (tertiary/aromatic N) is 1. The summed E-state index contributed by atoms with van der Waals surface area (Å²) in [4.78, 5) is 0. The monoisotopic (exact) mass is 146 g/mol. The number of methoxy groups -OCH3 is 1. The highest BCUT2D eigenvalue weighted by Crippen LogP contribution is 2.00. The summed E-state index contributed by atoms with van der Waals surface area (Å²) in [6.45, 7) is 4.25. The zero-order chi connectivity index (χ0) is 8.04. The lowest BCUT2D eigenvalue weighted by Crippen LogP contribution is -2.41. The van der Waals surface area contributed by atoms with Gasteiger partial charge in [-0.05, 0) is 6.42 Å². The van der Waals surface area contributed by atoms with Gasteiger partial charge in [-0.2, -0.15) is 0 Å². The molecule has 0 aliphatic carbocycles. The minimum Gasteiger partial charge on any atom is -0.335 e. The molecule has 0 amide bonds. The Morgan fingerprint density at radius 2 is 1.90 bits per heavy atom. The molecule has 0 rings (SSSR count). The number of hydrogen-bond acceptors (Lipinski definition) is 1. The maximum atomic E-state index is 5.08. The summed E-state index contributed by atoms with van der Waals surface area (Å²) in [6, 6.07) is 0. The fourth-order valence-corrected chi connectivity index (χ4v) is 1.00. The Kier molecular flexibility index (Phi) is 4.65. The van der Waals surface area contributed by atoms with Gasteiger partial charge in [-0.15, -0.1) is 0 Å². The molecule has 0 aliphatic rings. The molecule has 2 nitrogen and oxygen atoms in total. The lowest BCUT2D eigenvalue weighted by molar-refractivity contribution is -0.909. The first-order chi connectivity index (χ1) is 4.62. The van der Waals surface area contributed by atoms with E-state index < -0.39 is 0 Å². The highest BCUT2D eigenvalue weighted by Gasteiger charge is 2.11. The standard InChI is InChI=1S/C8H20NO/c1-5-6-7-9(2,3)8-10-4/h5-8H2,1-4H3/q+1. The van der Waals surface area contributed by atoms with Crippen molar-refractivity contribution in [2.75, 3.05) is 34.5 Å². The zero-order valence-electron chi connectivity index (χ0n) is 7.68. The van der Waals surface area contributed by atoms with Gasteiger partial charge in [0, 0.05) is 7.11 Å². The first-order valence-electron chi connectivity index (χ1n) is 3.93. The topological polar surface area (TPSA) is 9.23 Å². The van der Waals surface area contributed by atoms with Gasteiger partial charge in [-0.25, -0.2) is 0 Å². The third-order valence-electron chi connectivity index (χ3n) is 1.60. The van der Waals surface area contributed by atoms with Crippen LogP contribution < -0.4 is 0 Å².